The molecular weight excluding hydrogens is 352 g/mol. The molecule has 0 spiro atoms. The Balaban J connectivity index is 1.61. The van der Waals surface area contributed by atoms with Gasteiger partial charge in [0.25, 0.3) is 0 Å². The van der Waals surface area contributed by atoms with Crippen LogP contribution in [0.15, 0.2) is 42.6 Å². The lowest BCUT2D eigenvalue weighted by atomic mass is 10.1. The molecule has 27 heavy (non-hydrogen) atoms. The third-order valence-corrected chi connectivity index (χ3v) is 4.77. The minimum absolute atomic E-state index is 0.116. The van der Waals surface area contributed by atoms with Crippen LogP contribution < -0.4 is 10.1 Å². The van der Waals surface area contributed by atoms with E-state index in [1.165, 1.54) is 12.1 Å². The van der Waals surface area contributed by atoms with Crippen molar-refractivity contribution >= 4 is 11.3 Å². The Morgan fingerprint density at radius 3 is 2.74 bits per heavy atom. The van der Waals surface area contributed by atoms with Crippen LogP contribution in [0.5, 0.6) is 5.75 Å². The molecule has 1 saturated heterocycles. The predicted octanol–water partition coefficient (Wildman–Crippen LogP) is 3.50. The van der Waals surface area contributed by atoms with Crippen LogP contribution in [-0.4, -0.2) is 52.3 Å². The fourth-order valence-electron chi connectivity index (χ4n) is 3.52. The van der Waals surface area contributed by atoms with Crippen LogP contribution >= 0.6 is 0 Å². The Morgan fingerprint density at radius 2 is 2.00 bits per heavy atom. The number of anilines is 1. The number of likely N-dealkylation sites (tertiary alicyclic amines) is 1. The number of nitrogens with zero attached hydrogens (tertiary/aromatic N) is 4. The summed E-state index contributed by atoms with van der Waals surface area (Å²) in [5.74, 6) is 1.51. The quantitative estimate of drug-likeness (QED) is 0.742. The monoisotopic (exact) mass is 373 g/mol. The number of rotatable bonds is 5. The Kier molecular flexibility index (Phi) is 4.89. The summed E-state index contributed by atoms with van der Waals surface area (Å²) in [5, 5.41) is 12.3. The molecule has 1 fully saturated rings. The lowest BCUT2D eigenvalue weighted by molar-refractivity contribution is -0.0498. The molecule has 1 aliphatic heterocycles. The summed E-state index contributed by atoms with van der Waals surface area (Å²) in [6.07, 6.45) is 4.18. The SMILES string of the molecule is CN1CCC[C@@H](Nc2nnc(-c3ccc(OC(F)F)cc3)n3cccc23)C1. The molecule has 1 aromatic carbocycles. The van der Waals surface area contributed by atoms with E-state index in [9.17, 15) is 8.78 Å². The second-order valence-corrected chi connectivity index (χ2v) is 6.78. The molecule has 142 valence electrons. The van der Waals surface area contributed by atoms with Crippen LogP contribution in [0.1, 0.15) is 12.8 Å². The van der Waals surface area contributed by atoms with E-state index >= 15 is 0 Å². The molecule has 0 bridgehead atoms. The van der Waals surface area contributed by atoms with Gasteiger partial charge >= 0.3 is 6.61 Å². The molecule has 1 aliphatic rings. The maximum Gasteiger partial charge on any atom is 0.387 e. The minimum Gasteiger partial charge on any atom is -0.435 e. The van der Waals surface area contributed by atoms with Gasteiger partial charge < -0.3 is 15.0 Å². The maximum atomic E-state index is 12.3. The van der Waals surface area contributed by atoms with Gasteiger partial charge in [-0.3, -0.25) is 4.40 Å². The normalized spacial score (nSPS) is 18.1. The lowest BCUT2D eigenvalue weighted by Gasteiger charge is -2.30. The number of nitrogens with one attached hydrogen (secondary N) is 1. The van der Waals surface area contributed by atoms with Crippen LogP contribution in [0, 0.1) is 0 Å². The fourth-order valence-corrected chi connectivity index (χ4v) is 3.52. The first-order valence-electron chi connectivity index (χ1n) is 8.94. The van der Waals surface area contributed by atoms with Crippen LogP contribution in [0.4, 0.5) is 14.6 Å². The zero-order chi connectivity index (χ0) is 18.8. The highest BCUT2D eigenvalue weighted by molar-refractivity contribution is 5.72. The van der Waals surface area contributed by atoms with Crippen LogP contribution in [0.25, 0.3) is 16.9 Å². The summed E-state index contributed by atoms with van der Waals surface area (Å²) < 4.78 is 31.0. The van der Waals surface area contributed by atoms with Crippen molar-refractivity contribution in [2.75, 3.05) is 25.5 Å². The molecule has 0 saturated carbocycles. The van der Waals surface area contributed by atoms with Gasteiger partial charge in [-0.25, -0.2) is 0 Å². The van der Waals surface area contributed by atoms with Crippen molar-refractivity contribution < 1.29 is 13.5 Å². The zero-order valence-corrected chi connectivity index (χ0v) is 15.0. The number of hydrogen-bond acceptors (Lipinski definition) is 5. The first-order valence-corrected chi connectivity index (χ1v) is 8.94. The van der Waals surface area contributed by atoms with Gasteiger partial charge in [0.2, 0.25) is 0 Å². The summed E-state index contributed by atoms with van der Waals surface area (Å²) in [6.45, 7) is -0.743. The smallest absolute Gasteiger partial charge is 0.387 e. The number of likely N-dealkylation sites (N-methyl/N-ethyl adjacent to an activating group) is 1. The third-order valence-electron chi connectivity index (χ3n) is 4.77. The molecule has 1 N–H and O–H groups in total. The minimum atomic E-state index is -2.84. The average Bonchev–Trinajstić information content (AvgIpc) is 3.13. The van der Waals surface area contributed by atoms with E-state index in [-0.39, 0.29) is 5.75 Å². The molecule has 3 aromatic rings. The molecular formula is C19H21F2N5O. The first-order chi connectivity index (χ1) is 13.1. The average molecular weight is 373 g/mol. The number of halogens is 2. The lowest BCUT2D eigenvalue weighted by Crippen LogP contribution is -2.40. The van der Waals surface area contributed by atoms with Crippen LogP contribution in [-0.2, 0) is 0 Å². The van der Waals surface area contributed by atoms with E-state index in [0.29, 0.717) is 11.9 Å². The van der Waals surface area contributed by atoms with E-state index < -0.39 is 6.61 Å². The van der Waals surface area contributed by atoms with Crippen molar-refractivity contribution in [2.24, 2.45) is 0 Å². The first kappa shape index (κ1) is 17.7. The van der Waals surface area contributed by atoms with Crippen LogP contribution in [0.3, 0.4) is 0 Å². The number of ether oxygens (including phenoxy) is 1. The van der Waals surface area contributed by atoms with Gasteiger partial charge in [-0.15, -0.1) is 10.2 Å². The van der Waals surface area contributed by atoms with Gasteiger partial charge in [-0.2, -0.15) is 8.78 Å². The summed E-state index contributed by atoms with van der Waals surface area (Å²) in [4.78, 5) is 2.31. The van der Waals surface area contributed by atoms with Gasteiger partial charge in [0.1, 0.15) is 5.75 Å². The number of hydrogen-bond donors (Lipinski definition) is 1. The molecule has 0 unspecified atom stereocenters. The van der Waals surface area contributed by atoms with E-state index in [1.54, 1.807) is 12.1 Å². The summed E-state index contributed by atoms with van der Waals surface area (Å²) >= 11 is 0. The standard InChI is InChI=1S/C19H21F2N5O/c1-25-10-2-4-14(12-25)22-17-16-5-3-11-26(16)18(24-23-17)13-6-8-15(9-7-13)27-19(20)21/h3,5-9,11,14,19H,2,4,10,12H2,1H3,(H,22,23)/t14-/m1/s1. The van der Waals surface area contributed by atoms with Crippen molar-refractivity contribution in [3.05, 3.63) is 42.6 Å². The van der Waals surface area contributed by atoms with Crippen molar-refractivity contribution in [1.82, 2.24) is 19.5 Å². The summed E-state index contributed by atoms with van der Waals surface area (Å²) in [6, 6.07) is 10.7. The molecule has 4 rings (SSSR count). The second kappa shape index (κ2) is 7.48. The molecule has 1 atom stereocenters. The van der Waals surface area contributed by atoms with E-state index in [1.807, 2.05) is 22.7 Å². The van der Waals surface area contributed by atoms with E-state index in [2.05, 4.69) is 32.2 Å². The molecule has 0 aliphatic carbocycles. The zero-order valence-electron chi connectivity index (χ0n) is 15.0. The van der Waals surface area contributed by atoms with Gasteiger partial charge in [-0.1, -0.05) is 0 Å². The highest BCUT2D eigenvalue weighted by atomic mass is 19.3. The Labute approximate surface area is 155 Å². The van der Waals surface area contributed by atoms with E-state index in [4.69, 9.17) is 0 Å². The molecule has 2 aromatic heterocycles. The summed E-state index contributed by atoms with van der Waals surface area (Å²) in [7, 11) is 2.12. The Bertz CT molecular complexity index is 912. The fraction of sp³-hybridized carbons (Fsp3) is 0.368. The molecule has 0 radical (unpaired) electrons. The maximum absolute atomic E-state index is 12.3. The van der Waals surface area contributed by atoms with Crippen molar-refractivity contribution in [3.63, 3.8) is 0 Å². The number of benzene rings is 1. The molecule has 3 heterocycles. The predicted molar refractivity (Wildman–Crippen MR) is 99.2 cm³/mol. The second-order valence-electron chi connectivity index (χ2n) is 6.78. The number of piperidine rings is 1. The van der Waals surface area contributed by atoms with Crippen molar-refractivity contribution in [2.45, 2.75) is 25.5 Å². The number of alkyl halides is 2. The van der Waals surface area contributed by atoms with Crippen molar-refractivity contribution in [3.8, 4) is 17.1 Å². The highest BCUT2D eigenvalue weighted by Crippen LogP contribution is 2.26. The molecule has 6 nitrogen and oxygen atoms in total. The van der Waals surface area contributed by atoms with Gasteiger partial charge in [-0.05, 0) is 62.8 Å². The van der Waals surface area contributed by atoms with Gasteiger partial charge in [0.15, 0.2) is 11.6 Å². The molecule has 8 heteroatoms. The largest absolute Gasteiger partial charge is 0.435 e. The van der Waals surface area contributed by atoms with Gasteiger partial charge in [0, 0.05) is 24.3 Å². The molecule has 0 amide bonds. The Hall–Kier alpha value is -2.74. The topological polar surface area (TPSA) is 54.7 Å². The number of aromatic nitrogens is 3. The van der Waals surface area contributed by atoms with E-state index in [0.717, 1.165) is 42.8 Å². The van der Waals surface area contributed by atoms with Crippen LogP contribution in [0.2, 0.25) is 0 Å². The van der Waals surface area contributed by atoms with Crippen molar-refractivity contribution in [1.29, 1.82) is 0 Å². The number of fused-ring (bicyclic) bond motifs is 1. The summed E-state index contributed by atoms with van der Waals surface area (Å²) in [5.41, 5.74) is 1.70. The Morgan fingerprint density at radius 1 is 1.19 bits per heavy atom. The third kappa shape index (κ3) is 3.85. The van der Waals surface area contributed by atoms with Gasteiger partial charge in [0.05, 0.1) is 5.52 Å². The highest BCUT2D eigenvalue weighted by Gasteiger charge is 2.19.